The van der Waals surface area contributed by atoms with Crippen LogP contribution in [-0.2, 0) is 29.1 Å². The summed E-state index contributed by atoms with van der Waals surface area (Å²) in [5.41, 5.74) is 7.72. The number of benzene rings is 1. The smallest absolute Gasteiger partial charge is 0.232 e. The van der Waals surface area contributed by atoms with Crippen molar-refractivity contribution in [3.63, 3.8) is 0 Å². The van der Waals surface area contributed by atoms with Gasteiger partial charge in [0.15, 0.2) is 5.16 Å². The molecule has 0 aliphatic carbocycles. The zero-order valence-electron chi connectivity index (χ0n) is 15.7. The zero-order valence-corrected chi connectivity index (χ0v) is 17.4. The molecule has 3 heterocycles. The van der Waals surface area contributed by atoms with Crippen LogP contribution in [0.25, 0.3) is 11.1 Å². The highest BCUT2D eigenvalue weighted by Gasteiger charge is 2.32. The number of fused-ring (bicyclic) bond motifs is 3. The summed E-state index contributed by atoms with van der Waals surface area (Å²) in [7, 11) is 0. The van der Waals surface area contributed by atoms with E-state index in [-0.39, 0.29) is 11.4 Å². The lowest BCUT2D eigenvalue weighted by molar-refractivity contribution is -0.115. The zero-order chi connectivity index (χ0) is 19.9. The molecule has 1 aliphatic rings. The maximum Gasteiger partial charge on any atom is 0.232 e. The summed E-state index contributed by atoms with van der Waals surface area (Å²) in [5.74, 6) is 0.493. The summed E-state index contributed by atoms with van der Waals surface area (Å²) >= 11 is 7.14. The lowest BCUT2D eigenvalue weighted by Crippen LogP contribution is -2.31. The highest BCUT2D eigenvalue weighted by molar-refractivity contribution is 7.99. The molecule has 146 valence electrons. The Morgan fingerprint density at radius 3 is 2.82 bits per heavy atom. The first-order valence-electron chi connectivity index (χ1n) is 8.98. The molecule has 0 fully saturated rings. The van der Waals surface area contributed by atoms with Crippen molar-refractivity contribution >= 4 is 41.0 Å². The largest absolute Gasteiger partial charge is 0.440 e. The second-order valence-corrected chi connectivity index (χ2v) is 8.76. The van der Waals surface area contributed by atoms with E-state index < -0.39 is 5.91 Å². The van der Waals surface area contributed by atoms with Gasteiger partial charge in [-0.25, -0.2) is 0 Å². The molecule has 0 saturated carbocycles. The third-order valence-corrected chi connectivity index (χ3v) is 6.11. The van der Waals surface area contributed by atoms with Gasteiger partial charge >= 0.3 is 0 Å². The Balaban J connectivity index is 1.88. The molecule has 0 saturated heterocycles. The number of furan rings is 1. The summed E-state index contributed by atoms with van der Waals surface area (Å²) in [5, 5.41) is 1.48. The van der Waals surface area contributed by atoms with Crippen molar-refractivity contribution in [2.75, 3.05) is 5.75 Å². The van der Waals surface area contributed by atoms with Crippen LogP contribution in [0.3, 0.4) is 0 Å². The molecule has 1 amide bonds. The highest BCUT2D eigenvalue weighted by atomic mass is 32.2. The number of hydrogen-bond acceptors (Lipinski definition) is 6. The second-order valence-electron chi connectivity index (χ2n) is 7.44. The van der Waals surface area contributed by atoms with Gasteiger partial charge in [0.05, 0.1) is 23.3 Å². The number of hydrogen-bond donors (Lipinski definition) is 1. The number of amides is 1. The Hall–Kier alpha value is -2.16. The van der Waals surface area contributed by atoms with Crippen LogP contribution in [0.1, 0.15) is 30.7 Å². The number of thioether (sulfide) groups is 1. The van der Waals surface area contributed by atoms with Crippen molar-refractivity contribution < 1.29 is 13.9 Å². The van der Waals surface area contributed by atoms with Crippen LogP contribution in [-0.4, -0.2) is 26.8 Å². The standard InChI is InChI=1S/C20H21N3O3S2/c1-20(2)8-13-14(10-25-20)26-17-16(13)18(27)23(9-12-6-4-3-5-7-12)19(22-17)28-11-15(21)24/h3-7H,8-11H2,1-2H3,(H2,21,24). The van der Waals surface area contributed by atoms with E-state index in [1.807, 2.05) is 34.9 Å². The number of primary amides is 1. The van der Waals surface area contributed by atoms with E-state index >= 15 is 0 Å². The monoisotopic (exact) mass is 415 g/mol. The van der Waals surface area contributed by atoms with Gasteiger partial charge in [-0.1, -0.05) is 54.3 Å². The van der Waals surface area contributed by atoms with Gasteiger partial charge in [-0.15, -0.1) is 0 Å². The highest BCUT2D eigenvalue weighted by Crippen LogP contribution is 2.36. The number of nitrogens with zero attached hydrogens (tertiary/aromatic N) is 2. The molecular weight excluding hydrogens is 394 g/mol. The molecule has 2 N–H and O–H groups in total. The number of aromatic nitrogens is 2. The van der Waals surface area contributed by atoms with Gasteiger partial charge in [0.1, 0.15) is 17.0 Å². The minimum atomic E-state index is -0.405. The van der Waals surface area contributed by atoms with E-state index in [1.165, 1.54) is 11.8 Å². The van der Waals surface area contributed by atoms with Crippen molar-refractivity contribution in [1.29, 1.82) is 0 Å². The maximum atomic E-state index is 11.3. The maximum absolute atomic E-state index is 11.3. The van der Waals surface area contributed by atoms with Gasteiger partial charge in [-0.05, 0) is 19.4 Å². The first kappa shape index (κ1) is 19.2. The number of nitrogens with two attached hydrogens (primary N) is 1. The average Bonchev–Trinajstić information content (AvgIpc) is 3.00. The summed E-state index contributed by atoms with van der Waals surface area (Å²) in [6.45, 7) is 5.07. The molecule has 8 heteroatoms. The van der Waals surface area contributed by atoms with Gasteiger partial charge < -0.3 is 19.5 Å². The molecule has 1 aliphatic heterocycles. The van der Waals surface area contributed by atoms with Gasteiger partial charge in [0.2, 0.25) is 11.6 Å². The molecule has 0 unspecified atom stereocenters. The third-order valence-electron chi connectivity index (χ3n) is 4.68. The minimum absolute atomic E-state index is 0.124. The van der Waals surface area contributed by atoms with Crippen LogP contribution < -0.4 is 5.73 Å². The van der Waals surface area contributed by atoms with Crippen LogP contribution in [0.2, 0.25) is 0 Å². The van der Waals surface area contributed by atoms with E-state index in [0.717, 1.165) is 22.3 Å². The van der Waals surface area contributed by atoms with Gasteiger partial charge in [0.25, 0.3) is 0 Å². The fraction of sp³-hybridized carbons (Fsp3) is 0.350. The Bertz CT molecular complexity index is 1100. The molecule has 0 radical (unpaired) electrons. The summed E-state index contributed by atoms with van der Waals surface area (Å²) < 4.78 is 14.5. The predicted octanol–water partition coefficient (Wildman–Crippen LogP) is 3.84. The molecule has 28 heavy (non-hydrogen) atoms. The molecule has 0 bridgehead atoms. The van der Waals surface area contributed by atoms with E-state index in [4.69, 9.17) is 27.1 Å². The SMILES string of the molecule is CC1(C)Cc2c(oc3nc(SCC(N)=O)n(Cc4ccccc4)c(=S)c23)CO1. The normalized spacial score (nSPS) is 15.5. The molecular formula is C20H21N3O3S2. The third kappa shape index (κ3) is 3.72. The topological polar surface area (TPSA) is 83.3 Å². The number of ether oxygens (including phenoxy) is 1. The summed E-state index contributed by atoms with van der Waals surface area (Å²) in [6.07, 6.45) is 0.708. The van der Waals surface area contributed by atoms with Crippen LogP contribution in [0.5, 0.6) is 0 Å². The summed E-state index contributed by atoms with van der Waals surface area (Å²) in [6, 6.07) is 10.0. The second kappa shape index (κ2) is 7.35. The number of carbonyl (C=O) groups is 1. The van der Waals surface area contributed by atoms with Crippen molar-refractivity contribution in [3.05, 3.63) is 51.9 Å². The molecule has 0 atom stereocenters. The molecule has 3 aromatic rings. The Morgan fingerprint density at radius 1 is 1.36 bits per heavy atom. The summed E-state index contributed by atoms with van der Waals surface area (Å²) in [4.78, 5) is 16.0. The van der Waals surface area contributed by atoms with Crippen molar-refractivity contribution in [2.45, 2.75) is 44.2 Å². The van der Waals surface area contributed by atoms with Crippen molar-refractivity contribution in [1.82, 2.24) is 9.55 Å². The van der Waals surface area contributed by atoms with E-state index in [9.17, 15) is 4.79 Å². The van der Waals surface area contributed by atoms with E-state index in [2.05, 4.69) is 18.8 Å². The van der Waals surface area contributed by atoms with Crippen LogP contribution in [0.15, 0.2) is 39.9 Å². The molecule has 0 spiro atoms. The van der Waals surface area contributed by atoms with Crippen LogP contribution in [0.4, 0.5) is 0 Å². The first-order valence-corrected chi connectivity index (χ1v) is 10.4. The number of carbonyl (C=O) groups excluding carboxylic acids is 1. The van der Waals surface area contributed by atoms with Crippen LogP contribution >= 0.6 is 24.0 Å². The number of rotatable bonds is 5. The van der Waals surface area contributed by atoms with E-state index in [0.29, 0.717) is 35.1 Å². The van der Waals surface area contributed by atoms with Crippen LogP contribution in [0, 0.1) is 4.64 Å². The molecule has 4 rings (SSSR count). The van der Waals surface area contributed by atoms with Gasteiger partial charge in [0, 0.05) is 12.0 Å². The fourth-order valence-corrected chi connectivity index (χ4v) is 4.51. The minimum Gasteiger partial charge on any atom is -0.440 e. The first-order chi connectivity index (χ1) is 13.3. The van der Waals surface area contributed by atoms with E-state index in [1.54, 1.807) is 0 Å². The molecule has 6 nitrogen and oxygen atoms in total. The van der Waals surface area contributed by atoms with Crippen molar-refractivity contribution in [2.24, 2.45) is 5.73 Å². The Morgan fingerprint density at radius 2 is 2.11 bits per heavy atom. The van der Waals surface area contributed by atoms with Gasteiger partial charge in [-0.3, -0.25) is 4.79 Å². The Labute approximate surface area is 172 Å². The molecule has 1 aromatic carbocycles. The Kier molecular flexibility index (Phi) is 5.03. The molecule has 2 aromatic heterocycles. The fourth-order valence-electron chi connectivity index (χ4n) is 3.36. The lowest BCUT2D eigenvalue weighted by atomic mass is 9.94. The van der Waals surface area contributed by atoms with Crippen molar-refractivity contribution in [3.8, 4) is 0 Å². The predicted molar refractivity (Wildman–Crippen MR) is 111 cm³/mol. The average molecular weight is 416 g/mol. The quantitative estimate of drug-likeness (QED) is 0.387. The van der Waals surface area contributed by atoms with Gasteiger partial charge in [-0.2, -0.15) is 4.98 Å². The lowest BCUT2D eigenvalue weighted by Gasteiger charge is -2.29.